The molecule has 0 aromatic heterocycles. The van der Waals surface area contributed by atoms with E-state index in [0.29, 0.717) is 34.9 Å². The normalized spacial score (nSPS) is 19.5. The Morgan fingerprint density at radius 3 is 2.31 bits per heavy atom. The zero-order valence-electron chi connectivity index (χ0n) is 21.3. The topological polar surface area (TPSA) is 77.8 Å². The van der Waals surface area contributed by atoms with Crippen molar-refractivity contribution in [3.05, 3.63) is 80.8 Å². The predicted molar refractivity (Wildman–Crippen MR) is 144 cm³/mol. The first-order valence-electron chi connectivity index (χ1n) is 12.4. The van der Waals surface area contributed by atoms with Gasteiger partial charge in [0.1, 0.15) is 0 Å². The molecule has 36 heavy (non-hydrogen) atoms. The summed E-state index contributed by atoms with van der Waals surface area (Å²) in [6.07, 6.45) is 2.39. The molecule has 1 heterocycles. The fourth-order valence-corrected chi connectivity index (χ4v) is 5.58. The number of hydrogen-bond donors (Lipinski definition) is 2. The number of aliphatic hydroxyl groups is 1. The second-order valence-corrected chi connectivity index (χ2v) is 11.1. The van der Waals surface area contributed by atoms with Crippen LogP contribution in [0.5, 0.6) is 0 Å². The molecule has 0 saturated heterocycles. The van der Waals surface area contributed by atoms with Crippen LogP contribution in [-0.2, 0) is 9.59 Å². The van der Waals surface area contributed by atoms with Crippen molar-refractivity contribution in [1.29, 1.82) is 0 Å². The van der Waals surface area contributed by atoms with E-state index in [1.807, 2.05) is 61.2 Å². The van der Waals surface area contributed by atoms with Crippen LogP contribution < -0.4 is 0 Å². The van der Waals surface area contributed by atoms with Crippen LogP contribution in [0.2, 0.25) is 10.0 Å². The molecule has 7 heteroatoms. The Balaban J connectivity index is 2.20. The van der Waals surface area contributed by atoms with Crippen molar-refractivity contribution in [3.63, 3.8) is 0 Å². The first kappa shape index (κ1) is 28.2. The van der Waals surface area contributed by atoms with Crippen LogP contribution >= 0.6 is 23.2 Å². The minimum Gasteiger partial charge on any atom is -0.481 e. The molecule has 0 unspecified atom stereocenters. The number of benzene rings is 2. The zero-order chi connectivity index (χ0) is 26.6. The third-order valence-electron chi connectivity index (χ3n) is 6.99. The molecule has 2 aromatic rings. The van der Waals surface area contributed by atoms with Crippen molar-refractivity contribution in [2.75, 3.05) is 0 Å². The van der Waals surface area contributed by atoms with Gasteiger partial charge < -0.3 is 15.1 Å². The van der Waals surface area contributed by atoms with Gasteiger partial charge in [0, 0.05) is 27.6 Å². The highest BCUT2D eigenvalue weighted by Gasteiger charge is 2.44. The lowest BCUT2D eigenvalue weighted by Crippen LogP contribution is -2.49. The highest BCUT2D eigenvalue weighted by molar-refractivity contribution is 6.30. The second kappa shape index (κ2) is 11.8. The van der Waals surface area contributed by atoms with Gasteiger partial charge >= 0.3 is 5.97 Å². The zero-order valence-corrected chi connectivity index (χ0v) is 22.8. The summed E-state index contributed by atoms with van der Waals surface area (Å²) in [7, 11) is 0. The quantitative estimate of drug-likeness (QED) is 0.340. The summed E-state index contributed by atoms with van der Waals surface area (Å²) < 4.78 is 0. The van der Waals surface area contributed by atoms with E-state index in [1.165, 1.54) is 0 Å². The van der Waals surface area contributed by atoms with Crippen molar-refractivity contribution in [2.24, 2.45) is 0 Å². The maximum Gasteiger partial charge on any atom is 0.308 e. The van der Waals surface area contributed by atoms with Crippen LogP contribution in [0.25, 0.3) is 0 Å². The van der Waals surface area contributed by atoms with Crippen LogP contribution in [0.1, 0.15) is 82.9 Å². The monoisotopic (exact) mass is 531 g/mol. The molecule has 1 aliphatic heterocycles. The Labute approximate surface area is 223 Å². The summed E-state index contributed by atoms with van der Waals surface area (Å²) in [6, 6.07) is 14.5. The molecule has 0 radical (unpaired) electrons. The van der Waals surface area contributed by atoms with Crippen LogP contribution in [0, 0.1) is 0 Å². The van der Waals surface area contributed by atoms with Gasteiger partial charge in [-0.05, 0) is 81.8 Å². The van der Waals surface area contributed by atoms with Gasteiger partial charge in [0.05, 0.1) is 18.1 Å². The lowest BCUT2D eigenvalue weighted by atomic mass is 9.74. The van der Waals surface area contributed by atoms with Crippen molar-refractivity contribution in [2.45, 2.75) is 83.4 Å². The van der Waals surface area contributed by atoms with Crippen molar-refractivity contribution < 1.29 is 19.8 Å². The van der Waals surface area contributed by atoms with E-state index in [4.69, 9.17) is 23.2 Å². The Hall–Kier alpha value is -2.34. The van der Waals surface area contributed by atoms with Crippen molar-refractivity contribution >= 4 is 35.1 Å². The molecule has 0 fully saturated rings. The van der Waals surface area contributed by atoms with Gasteiger partial charge in [-0.2, -0.15) is 0 Å². The number of carbonyl (C=O) groups excluding carboxylic acids is 1. The van der Waals surface area contributed by atoms with Crippen LogP contribution in [0.4, 0.5) is 0 Å². The molecule has 3 rings (SSSR count). The number of halogens is 2. The second-order valence-electron chi connectivity index (χ2n) is 10.2. The predicted octanol–water partition coefficient (Wildman–Crippen LogP) is 7.17. The first-order chi connectivity index (χ1) is 16.9. The molecule has 5 nitrogen and oxygen atoms in total. The summed E-state index contributed by atoms with van der Waals surface area (Å²) >= 11 is 12.6. The molecule has 0 saturated carbocycles. The molecule has 1 aliphatic rings. The summed E-state index contributed by atoms with van der Waals surface area (Å²) in [6.45, 7) is 7.46. The van der Waals surface area contributed by atoms with Gasteiger partial charge in [-0.15, -0.1) is 0 Å². The number of amides is 1. The lowest BCUT2D eigenvalue weighted by Gasteiger charge is -2.47. The van der Waals surface area contributed by atoms with Gasteiger partial charge in [0.15, 0.2) is 0 Å². The summed E-state index contributed by atoms with van der Waals surface area (Å²) in [4.78, 5) is 27.7. The molecule has 0 bridgehead atoms. The highest BCUT2D eigenvalue weighted by Crippen LogP contribution is 2.48. The lowest BCUT2D eigenvalue weighted by molar-refractivity contribution is -0.140. The van der Waals surface area contributed by atoms with Crippen molar-refractivity contribution in [3.8, 4) is 0 Å². The van der Waals surface area contributed by atoms with Crippen molar-refractivity contribution in [1.82, 2.24) is 4.90 Å². The summed E-state index contributed by atoms with van der Waals surface area (Å²) in [5.74, 6) is -1.56. The van der Waals surface area contributed by atoms with Gasteiger partial charge in [-0.1, -0.05) is 60.0 Å². The van der Waals surface area contributed by atoms with E-state index >= 15 is 0 Å². The minimum atomic E-state index is -1.04. The standard InChI is InChI=1S/C29H35Cl2NO4/c1-5-23(10-7-15-29(3,4)36)32-27(19-11-13-21(30)14-12-19)26(20-8-6-9-22(31)16-20)18(2)24(28(32)35)17-25(33)34/h6,8-9,11-14,16,23,26-27,36H,5,7,10,15,17H2,1-4H3,(H,33,34)/t23-,26+,27+/m0/s1. The van der Waals surface area contributed by atoms with E-state index < -0.39 is 11.6 Å². The summed E-state index contributed by atoms with van der Waals surface area (Å²) in [5.41, 5.74) is 2.11. The Bertz CT molecular complexity index is 1120. The minimum absolute atomic E-state index is 0.140. The molecule has 0 aliphatic carbocycles. The first-order valence-corrected chi connectivity index (χ1v) is 13.2. The largest absolute Gasteiger partial charge is 0.481 e. The van der Waals surface area contributed by atoms with Crippen LogP contribution in [0.3, 0.4) is 0 Å². The fraction of sp³-hybridized carbons (Fsp3) is 0.448. The molecule has 1 amide bonds. The average molecular weight is 533 g/mol. The van der Waals surface area contributed by atoms with Gasteiger partial charge in [0.25, 0.3) is 5.91 Å². The number of rotatable bonds is 10. The molecule has 0 spiro atoms. The summed E-state index contributed by atoms with van der Waals surface area (Å²) in [5, 5.41) is 21.1. The SMILES string of the molecule is CC[C@@H](CCCC(C)(C)O)N1C(=O)C(CC(=O)O)=C(C)[C@H](c2cccc(Cl)c2)[C@H]1c1ccc(Cl)cc1. The number of hydrogen-bond acceptors (Lipinski definition) is 3. The number of aliphatic carboxylic acids is 1. The van der Waals surface area contributed by atoms with E-state index in [9.17, 15) is 19.8 Å². The smallest absolute Gasteiger partial charge is 0.308 e. The third-order valence-corrected chi connectivity index (χ3v) is 7.48. The number of carboxylic acid groups (broad SMARTS) is 1. The Morgan fingerprint density at radius 1 is 1.08 bits per heavy atom. The molecule has 3 atom stereocenters. The molecular weight excluding hydrogens is 497 g/mol. The maximum atomic E-state index is 14.0. The number of carboxylic acids is 1. The highest BCUT2D eigenvalue weighted by atomic mass is 35.5. The Kier molecular flexibility index (Phi) is 9.26. The average Bonchev–Trinajstić information content (AvgIpc) is 2.79. The molecule has 194 valence electrons. The van der Waals surface area contributed by atoms with E-state index in [1.54, 1.807) is 19.9 Å². The van der Waals surface area contributed by atoms with E-state index in [-0.39, 0.29) is 30.3 Å². The fourth-order valence-electron chi connectivity index (χ4n) is 5.25. The maximum absolute atomic E-state index is 14.0. The van der Waals surface area contributed by atoms with Gasteiger partial charge in [-0.3, -0.25) is 9.59 Å². The van der Waals surface area contributed by atoms with Gasteiger partial charge in [0.2, 0.25) is 0 Å². The molecular formula is C29H35Cl2NO4. The number of nitrogens with zero attached hydrogens (tertiary/aromatic N) is 1. The third kappa shape index (κ3) is 6.70. The van der Waals surface area contributed by atoms with Gasteiger partial charge in [-0.25, -0.2) is 0 Å². The number of carbonyl (C=O) groups is 2. The molecule has 2 aromatic carbocycles. The van der Waals surface area contributed by atoms with E-state index in [2.05, 4.69) is 0 Å². The van der Waals surface area contributed by atoms with Crippen LogP contribution in [-0.4, -0.2) is 38.6 Å². The Morgan fingerprint density at radius 2 is 1.75 bits per heavy atom. The molecule has 2 N–H and O–H groups in total. The van der Waals surface area contributed by atoms with Crippen LogP contribution in [0.15, 0.2) is 59.7 Å². The van der Waals surface area contributed by atoms with E-state index in [0.717, 1.165) is 23.1 Å².